The summed E-state index contributed by atoms with van der Waals surface area (Å²) in [5.41, 5.74) is 5.32. The van der Waals surface area contributed by atoms with Crippen LogP contribution in [0.3, 0.4) is 0 Å². The molecule has 0 bridgehead atoms. The third-order valence-corrected chi connectivity index (χ3v) is 4.13. The fourth-order valence-corrected chi connectivity index (χ4v) is 2.99. The Hall–Kier alpha value is -1.54. The Balaban J connectivity index is 2.29. The zero-order valence-corrected chi connectivity index (χ0v) is 13.9. The Kier molecular flexibility index (Phi) is 5.24. The van der Waals surface area contributed by atoms with Gasteiger partial charge in [-0.3, -0.25) is 0 Å². The molecule has 2 aromatic rings. The van der Waals surface area contributed by atoms with E-state index in [1.165, 1.54) is 22.3 Å². The first kappa shape index (κ1) is 15.8. The molecule has 0 fully saturated rings. The van der Waals surface area contributed by atoms with E-state index in [4.69, 9.17) is 4.42 Å². The highest BCUT2D eigenvalue weighted by Crippen LogP contribution is 2.29. The molecule has 0 saturated heterocycles. The van der Waals surface area contributed by atoms with Crippen molar-refractivity contribution in [1.29, 1.82) is 0 Å². The number of rotatable bonds is 6. The van der Waals surface area contributed by atoms with E-state index < -0.39 is 0 Å². The highest BCUT2D eigenvalue weighted by molar-refractivity contribution is 5.36. The normalized spacial score (nSPS) is 12.6. The SMILES string of the molecule is CCCNC(Cc1cccc(C)c1)c1c(C)oc(C)c1C. The van der Waals surface area contributed by atoms with Crippen molar-refractivity contribution >= 4 is 0 Å². The largest absolute Gasteiger partial charge is 0.466 e. The molecule has 2 rings (SSSR count). The summed E-state index contributed by atoms with van der Waals surface area (Å²) < 4.78 is 5.83. The van der Waals surface area contributed by atoms with Gasteiger partial charge >= 0.3 is 0 Å². The topological polar surface area (TPSA) is 25.2 Å². The van der Waals surface area contributed by atoms with E-state index in [1.807, 2.05) is 0 Å². The third-order valence-electron chi connectivity index (χ3n) is 4.13. The smallest absolute Gasteiger partial charge is 0.106 e. The Labute approximate surface area is 128 Å². The van der Waals surface area contributed by atoms with Crippen molar-refractivity contribution in [3.8, 4) is 0 Å². The number of aryl methyl sites for hydroxylation is 3. The second-order valence-corrected chi connectivity index (χ2v) is 5.95. The van der Waals surface area contributed by atoms with Crippen LogP contribution < -0.4 is 5.32 Å². The van der Waals surface area contributed by atoms with Crippen LogP contribution in [0.1, 0.15) is 53.2 Å². The summed E-state index contributed by atoms with van der Waals surface area (Å²) >= 11 is 0. The monoisotopic (exact) mass is 285 g/mol. The number of hydrogen-bond donors (Lipinski definition) is 1. The molecule has 0 aliphatic heterocycles. The first-order valence-electron chi connectivity index (χ1n) is 7.88. The minimum absolute atomic E-state index is 0.323. The maximum absolute atomic E-state index is 5.83. The maximum atomic E-state index is 5.83. The van der Waals surface area contributed by atoms with E-state index in [9.17, 15) is 0 Å². The molecule has 0 spiro atoms. The van der Waals surface area contributed by atoms with Crippen LogP contribution in [0.25, 0.3) is 0 Å². The lowest BCUT2D eigenvalue weighted by molar-refractivity contribution is 0.480. The molecule has 0 radical (unpaired) electrons. The summed E-state index contributed by atoms with van der Waals surface area (Å²) in [6.45, 7) is 11.7. The number of furan rings is 1. The predicted octanol–water partition coefficient (Wildman–Crippen LogP) is 4.80. The van der Waals surface area contributed by atoms with Crippen LogP contribution in [-0.2, 0) is 6.42 Å². The summed E-state index contributed by atoms with van der Waals surface area (Å²) in [5, 5.41) is 3.69. The average Bonchev–Trinajstić information content (AvgIpc) is 2.68. The molecule has 0 amide bonds. The molecule has 114 valence electrons. The Morgan fingerprint density at radius 3 is 2.43 bits per heavy atom. The molecule has 1 aromatic heterocycles. The molecule has 1 unspecified atom stereocenters. The van der Waals surface area contributed by atoms with Gasteiger partial charge in [-0.2, -0.15) is 0 Å². The summed E-state index contributed by atoms with van der Waals surface area (Å²) in [4.78, 5) is 0. The summed E-state index contributed by atoms with van der Waals surface area (Å²) in [6, 6.07) is 9.10. The van der Waals surface area contributed by atoms with E-state index in [0.717, 1.165) is 30.9 Å². The molecule has 0 aliphatic carbocycles. The van der Waals surface area contributed by atoms with Gasteiger partial charge in [0.25, 0.3) is 0 Å². The highest BCUT2D eigenvalue weighted by Gasteiger charge is 2.21. The second kappa shape index (κ2) is 6.95. The van der Waals surface area contributed by atoms with Crippen LogP contribution in [0.4, 0.5) is 0 Å². The van der Waals surface area contributed by atoms with Gasteiger partial charge in [-0.15, -0.1) is 0 Å². The van der Waals surface area contributed by atoms with Gasteiger partial charge in [0.2, 0.25) is 0 Å². The van der Waals surface area contributed by atoms with Gasteiger partial charge in [0.05, 0.1) is 0 Å². The molecule has 0 aliphatic rings. The minimum atomic E-state index is 0.323. The second-order valence-electron chi connectivity index (χ2n) is 5.95. The lowest BCUT2D eigenvalue weighted by atomic mass is 9.95. The van der Waals surface area contributed by atoms with Crippen molar-refractivity contribution < 1.29 is 4.42 Å². The lowest BCUT2D eigenvalue weighted by Gasteiger charge is -2.20. The van der Waals surface area contributed by atoms with Gasteiger partial charge in [-0.1, -0.05) is 36.8 Å². The molecule has 1 aromatic carbocycles. The zero-order valence-electron chi connectivity index (χ0n) is 13.9. The van der Waals surface area contributed by atoms with Gasteiger partial charge < -0.3 is 9.73 Å². The zero-order chi connectivity index (χ0) is 15.4. The molecule has 2 nitrogen and oxygen atoms in total. The summed E-state index contributed by atoms with van der Waals surface area (Å²) in [6.07, 6.45) is 2.14. The van der Waals surface area contributed by atoms with Gasteiger partial charge in [0.15, 0.2) is 0 Å². The average molecular weight is 285 g/mol. The number of benzene rings is 1. The molecular formula is C19H27NO. The van der Waals surface area contributed by atoms with E-state index in [1.54, 1.807) is 0 Å². The van der Waals surface area contributed by atoms with Gasteiger partial charge in [0.1, 0.15) is 11.5 Å². The molecular weight excluding hydrogens is 258 g/mol. The predicted molar refractivity (Wildman–Crippen MR) is 88.8 cm³/mol. The van der Waals surface area contributed by atoms with Crippen LogP contribution in [-0.4, -0.2) is 6.54 Å². The van der Waals surface area contributed by atoms with Crippen LogP contribution in [0.5, 0.6) is 0 Å². The van der Waals surface area contributed by atoms with Crippen molar-refractivity contribution in [2.24, 2.45) is 0 Å². The van der Waals surface area contributed by atoms with E-state index in [2.05, 4.69) is 64.2 Å². The number of nitrogens with one attached hydrogen (secondary N) is 1. The molecule has 2 heteroatoms. The maximum Gasteiger partial charge on any atom is 0.106 e. The molecule has 21 heavy (non-hydrogen) atoms. The Morgan fingerprint density at radius 1 is 1.10 bits per heavy atom. The quantitative estimate of drug-likeness (QED) is 0.825. The molecule has 0 saturated carbocycles. The first-order chi connectivity index (χ1) is 10.0. The lowest BCUT2D eigenvalue weighted by Crippen LogP contribution is -2.25. The minimum Gasteiger partial charge on any atom is -0.466 e. The van der Waals surface area contributed by atoms with Crippen molar-refractivity contribution in [2.75, 3.05) is 6.54 Å². The van der Waals surface area contributed by atoms with Crippen molar-refractivity contribution in [1.82, 2.24) is 5.32 Å². The van der Waals surface area contributed by atoms with Gasteiger partial charge in [-0.05, 0) is 58.2 Å². The summed E-state index contributed by atoms with van der Waals surface area (Å²) in [5.74, 6) is 2.08. The third kappa shape index (κ3) is 3.76. The van der Waals surface area contributed by atoms with Crippen molar-refractivity contribution in [2.45, 2.75) is 53.5 Å². The van der Waals surface area contributed by atoms with Crippen molar-refractivity contribution in [3.05, 3.63) is 58.0 Å². The number of hydrogen-bond acceptors (Lipinski definition) is 2. The molecule has 1 heterocycles. The Bertz CT molecular complexity index is 598. The van der Waals surface area contributed by atoms with Crippen LogP contribution in [0.15, 0.2) is 28.7 Å². The fraction of sp³-hybridized carbons (Fsp3) is 0.474. The van der Waals surface area contributed by atoms with Crippen LogP contribution in [0.2, 0.25) is 0 Å². The highest BCUT2D eigenvalue weighted by atomic mass is 16.3. The van der Waals surface area contributed by atoms with Crippen LogP contribution in [0, 0.1) is 27.7 Å². The van der Waals surface area contributed by atoms with E-state index in [0.29, 0.717) is 6.04 Å². The standard InChI is InChI=1S/C19H27NO/c1-6-10-20-18(12-17-9-7-8-13(2)11-17)19-14(3)15(4)21-16(19)5/h7-9,11,18,20H,6,10,12H2,1-5H3. The molecule has 1 atom stereocenters. The van der Waals surface area contributed by atoms with E-state index in [-0.39, 0.29) is 0 Å². The van der Waals surface area contributed by atoms with Gasteiger partial charge in [-0.25, -0.2) is 0 Å². The van der Waals surface area contributed by atoms with Gasteiger partial charge in [0, 0.05) is 11.6 Å². The molecule has 1 N–H and O–H groups in total. The fourth-order valence-electron chi connectivity index (χ4n) is 2.99. The Morgan fingerprint density at radius 2 is 1.86 bits per heavy atom. The van der Waals surface area contributed by atoms with E-state index >= 15 is 0 Å². The van der Waals surface area contributed by atoms with Crippen LogP contribution >= 0.6 is 0 Å². The first-order valence-corrected chi connectivity index (χ1v) is 7.88. The van der Waals surface area contributed by atoms with Crippen molar-refractivity contribution in [3.63, 3.8) is 0 Å². The summed E-state index contributed by atoms with van der Waals surface area (Å²) in [7, 11) is 0.